The molecule has 0 N–H and O–H groups in total. The van der Waals surface area contributed by atoms with Crippen LogP contribution in [0.1, 0.15) is 16.7 Å². The summed E-state index contributed by atoms with van der Waals surface area (Å²) in [5.41, 5.74) is 2.86. The summed E-state index contributed by atoms with van der Waals surface area (Å²) < 4.78 is 4.98. The van der Waals surface area contributed by atoms with E-state index in [1.165, 1.54) is 0 Å². The lowest BCUT2D eigenvalue weighted by atomic mass is 10.0. The molecule has 68 valence electrons. The van der Waals surface area contributed by atoms with E-state index in [0.717, 1.165) is 23.1 Å². The number of benzene rings is 1. The van der Waals surface area contributed by atoms with Crippen molar-refractivity contribution in [2.45, 2.75) is 6.42 Å². The largest absolute Gasteiger partial charge is 0.472 e. The molecule has 0 saturated heterocycles. The zero-order chi connectivity index (χ0) is 9.80. The third-order valence-corrected chi connectivity index (χ3v) is 2.11. The molecule has 2 rings (SSSR count). The molecule has 1 aromatic heterocycles. The zero-order valence-electron chi connectivity index (χ0n) is 7.60. The summed E-state index contributed by atoms with van der Waals surface area (Å²) in [6, 6.07) is 11.7. The minimum Gasteiger partial charge on any atom is -0.472 e. The van der Waals surface area contributed by atoms with Gasteiger partial charge >= 0.3 is 0 Å². The first kappa shape index (κ1) is 8.58. The Balaban J connectivity index is 2.30. The van der Waals surface area contributed by atoms with Gasteiger partial charge < -0.3 is 4.42 Å². The normalized spacial score (nSPS) is 9.64. The highest BCUT2D eigenvalue weighted by Crippen LogP contribution is 2.13. The Labute approximate surface area is 82.4 Å². The fraction of sp³-hybridized carbons (Fsp3) is 0.0833. The molecule has 2 nitrogen and oxygen atoms in total. The standard InChI is InChI=1S/C12H9NO/c13-8-12-4-2-1-3-11(12)7-10-5-6-14-9-10/h1-6,9H,7H2. The number of furan rings is 1. The van der Waals surface area contributed by atoms with Crippen molar-refractivity contribution in [2.75, 3.05) is 0 Å². The van der Waals surface area contributed by atoms with Crippen LogP contribution in [0.4, 0.5) is 0 Å². The van der Waals surface area contributed by atoms with Gasteiger partial charge in [0.1, 0.15) is 0 Å². The monoisotopic (exact) mass is 183 g/mol. The second kappa shape index (κ2) is 3.80. The minimum atomic E-state index is 0.730. The van der Waals surface area contributed by atoms with Crippen LogP contribution in [0.2, 0.25) is 0 Å². The summed E-state index contributed by atoms with van der Waals surface area (Å²) in [4.78, 5) is 0. The molecule has 0 aliphatic rings. The van der Waals surface area contributed by atoms with E-state index in [4.69, 9.17) is 9.68 Å². The van der Waals surface area contributed by atoms with E-state index in [1.54, 1.807) is 12.5 Å². The molecular formula is C12H9NO. The van der Waals surface area contributed by atoms with Gasteiger partial charge in [-0.05, 0) is 23.3 Å². The fourth-order valence-corrected chi connectivity index (χ4v) is 1.40. The van der Waals surface area contributed by atoms with Crippen molar-refractivity contribution in [1.82, 2.24) is 0 Å². The third-order valence-electron chi connectivity index (χ3n) is 2.11. The molecule has 1 heterocycles. The molecule has 2 heteroatoms. The second-order valence-electron chi connectivity index (χ2n) is 3.08. The van der Waals surface area contributed by atoms with Crippen LogP contribution in [0.15, 0.2) is 47.3 Å². The van der Waals surface area contributed by atoms with E-state index in [0.29, 0.717) is 0 Å². The molecule has 0 bridgehead atoms. The van der Waals surface area contributed by atoms with Crippen molar-refractivity contribution in [3.8, 4) is 6.07 Å². The molecule has 0 atom stereocenters. The molecule has 2 aromatic rings. The quantitative estimate of drug-likeness (QED) is 0.717. The summed E-state index contributed by atoms with van der Waals surface area (Å²) in [6.45, 7) is 0. The Kier molecular flexibility index (Phi) is 2.33. The highest BCUT2D eigenvalue weighted by molar-refractivity contribution is 5.39. The lowest BCUT2D eigenvalue weighted by Gasteiger charge is -2.00. The Morgan fingerprint density at radius 3 is 2.79 bits per heavy atom. The van der Waals surface area contributed by atoms with Gasteiger partial charge in [-0.25, -0.2) is 0 Å². The highest BCUT2D eigenvalue weighted by Gasteiger charge is 2.02. The summed E-state index contributed by atoms with van der Waals surface area (Å²) in [7, 11) is 0. The van der Waals surface area contributed by atoms with Gasteiger partial charge in [-0.2, -0.15) is 5.26 Å². The molecule has 0 aliphatic heterocycles. The van der Waals surface area contributed by atoms with Crippen molar-refractivity contribution in [3.05, 3.63) is 59.5 Å². The maximum Gasteiger partial charge on any atom is 0.0994 e. The van der Waals surface area contributed by atoms with E-state index in [9.17, 15) is 0 Å². The molecule has 0 amide bonds. The second-order valence-corrected chi connectivity index (χ2v) is 3.08. The highest BCUT2D eigenvalue weighted by atomic mass is 16.3. The van der Waals surface area contributed by atoms with Gasteiger partial charge in [-0.15, -0.1) is 0 Å². The molecule has 1 aromatic carbocycles. The van der Waals surface area contributed by atoms with E-state index in [-0.39, 0.29) is 0 Å². The molecule has 0 spiro atoms. The first-order valence-electron chi connectivity index (χ1n) is 4.39. The molecular weight excluding hydrogens is 174 g/mol. The first-order valence-corrected chi connectivity index (χ1v) is 4.39. The SMILES string of the molecule is N#Cc1ccccc1Cc1ccoc1. The topological polar surface area (TPSA) is 36.9 Å². The third kappa shape index (κ3) is 1.67. The van der Waals surface area contributed by atoms with Crippen LogP contribution in [-0.4, -0.2) is 0 Å². The lowest BCUT2D eigenvalue weighted by molar-refractivity contribution is 0.564. The van der Waals surface area contributed by atoms with Gasteiger partial charge in [0, 0.05) is 6.42 Å². The summed E-state index contributed by atoms with van der Waals surface area (Å²) >= 11 is 0. The average Bonchev–Trinajstić information content (AvgIpc) is 2.71. The Morgan fingerprint density at radius 2 is 2.07 bits per heavy atom. The zero-order valence-corrected chi connectivity index (χ0v) is 7.60. The lowest BCUT2D eigenvalue weighted by Crippen LogP contribution is -1.89. The number of rotatable bonds is 2. The van der Waals surface area contributed by atoms with Gasteiger partial charge in [-0.1, -0.05) is 18.2 Å². The van der Waals surface area contributed by atoms with E-state index < -0.39 is 0 Å². The number of nitriles is 1. The maximum absolute atomic E-state index is 8.87. The Morgan fingerprint density at radius 1 is 1.21 bits per heavy atom. The molecule has 0 saturated carbocycles. The average molecular weight is 183 g/mol. The maximum atomic E-state index is 8.87. The smallest absolute Gasteiger partial charge is 0.0994 e. The van der Waals surface area contributed by atoms with Crippen molar-refractivity contribution >= 4 is 0 Å². The Hall–Kier alpha value is -2.01. The number of hydrogen-bond acceptors (Lipinski definition) is 2. The van der Waals surface area contributed by atoms with E-state index >= 15 is 0 Å². The van der Waals surface area contributed by atoms with Gasteiger partial charge in [0.2, 0.25) is 0 Å². The van der Waals surface area contributed by atoms with Crippen LogP contribution < -0.4 is 0 Å². The summed E-state index contributed by atoms with van der Waals surface area (Å²) in [5, 5.41) is 8.87. The van der Waals surface area contributed by atoms with Crippen LogP contribution in [0.5, 0.6) is 0 Å². The molecule has 0 aliphatic carbocycles. The minimum absolute atomic E-state index is 0.730. The first-order chi connectivity index (χ1) is 6.90. The van der Waals surface area contributed by atoms with Crippen LogP contribution >= 0.6 is 0 Å². The van der Waals surface area contributed by atoms with Gasteiger partial charge in [0.25, 0.3) is 0 Å². The van der Waals surface area contributed by atoms with Gasteiger partial charge in [0.05, 0.1) is 24.2 Å². The predicted molar refractivity (Wildman–Crippen MR) is 52.7 cm³/mol. The number of hydrogen-bond donors (Lipinski definition) is 0. The van der Waals surface area contributed by atoms with Crippen LogP contribution in [-0.2, 0) is 6.42 Å². The van der Waals surface area contributed by atoms with Gasteiger partial charge in [-0.3, -0.25) is 0 Å². The molecule has 0 unspecified atom stereocenters. The van der Waals surface area contributed by atoms with Crippen molar-refractivity contribution in [1.29, 1.82) is 5.26 Å². The molecule has 14 heavy (non-hydrogen) atoms. The number of nitrogens with zero attached hydrogens (tertiary/aromatic N) is 1. The van der Waals surface area contributed by atoms with Crippen LogP contribution in [0.25, 0.3) is 0 Å². The summed E-state index contributed by atoms with van der Waals surface area (Å²) in [5.74, 6) is 0. The van der Waals surface area contributed by atoms with Gasteiger partial charge in [0.15, 0.2) is 0 Å². The van der Waals surface area contributed by atoms with Crippen molar-refractivity contribution in [2.24, 2.45) is 0 Å². The van der Waals surface area contributed by atoms with Crippen LogP contribution in [0, 0.1) is 11.3 Å². The molecule has 0 fully saturated rings. The summed E-state index contributed by atoms with van der Waals surface area (Å²) in [6.07, 6.45) is 4.10. The predicted octanol–water partition coefficient (Wildman–Crippen LogP) is 2.74. The van der Waals surface area contributed by atoms with Crippen molar-refractivity contribution in [3.63, 3.8) is 0 Å². The van der Waals surface area contributed by atoms with E-state index in [2.05, 4.69) is 6.07 Å². The van der Waals surface area contributed by atoms with Crippen molar-refractivity contribution < 1.29 is 4.42 Å². The molecule has 0 radical (unpaired) electrons. The fourth-order valence-electron chi connectivity index (χ4n) is 1.40. The van der Waals surface area contributed by atoms with Crippen LogP contribution in [0.3, 0.4) is 0 Å². The Bertz CT molecular complexity index is 451. The van der Waals surface area contributed by atoms with E-state index in [1.807, 2.05) is 30.3 Å².